The van der Waals surface area contributed by atoms with Crippen LogP contribution >= 0.6 is 0 Å². The summed E-state index contributed by atoms with van der Waals surface area (Å²) in [6.45, 7) is 7.71. The number of hydrogen-bond donors (Lipinski definition) is 1. The number of unbranched alkanes of at least 4 members (excludes halogenated alkanes) is 1. The van der Waals surface area contributed by atoms with Crippen LogP contribution in [-0.2, 0) is 13.1 Å². The van der Waals surface area contributed by atoms with Crippen LogP contribution in [0.25, 0.3) is 0 Å². The van der Waals surface area contributed by atoms with Crippen molar-refractivity contribution >= 4 is 0 Å². The number of nitrogens with two attached hydrogens (primary N) is 1. The molecule has 0 saturated heterocycles. The van der Waals surface area contributed by atoms with Gasteiger partial charge in [0.25, 0.3) is 0 Å². The molecule has 0 aliphatic heterocycles. The molecule has 0 amide bonds. The van der Waals surface area contributed by atoms with Gasteiger partial charge in [0.2, 0.25) is 0 Å². The molecule has 0 aromatic carbocycles. The largest absolute Gasteiger partial charge is 0.330 e. The minimum atomic E-state index is 0.749. The Bertz CT molecular complexity index is 535. The topological polar surface area (TPSA) is 55.0 Å². The predicted octanol–water partition coefficient (Wildman–Crippen LogP) is 2.83. The van der Waals surface area contributed by atoms with Crippen molar-refractivity contribution in [3.05, 3.63) is 59.2 Å². The number of pyridine rings is 2. The first-order valence-electron chi connectivity index (χ1n) is 7.94. The molecule has 0 unspecified atom stereocenters. The Balaban J connectivity index is 2.09. The lowest BCUT2D eigenvalue weighted by molar-refractivity contribution is 0.245. The highest BCUT2D eigenvalue weighted by atomic mass is 15.1. The third-order valence-corrected chi connectivity index (χ3v) is 3.91. The molecule has 4 heteroatoms. The summed E-state index contributed by atoms with van der Waals surface area (Å²) in [5.74, 6) is 0. The summed E-state index contributed by atoms with van der Waals surface area (Å²) >= 11 is 0. The quantitative estimate of drug-likeness (QED) is 0.761. The van der Waals surface area contributed by atoms with Gasteiger partial charge in [0.1, 0.15) is 0 Å². The maximum absolute atomic E-state index is 5.62. The van der Waals surface area contributed by atoms with Crippen LogP contribution in [0.1, 0.15) is 35.4 Å². The van der Waals surface area contributed by atoms with Crippen LogP contribution in [0, 0.1) is 13.8 Å². The maximum atomic E-state index is 5.62. The molecule has 0 bridgehead atoms. The van der Waals surface area contributed by atoms with Gasteiger partial charge >= 0.3 is 0 Å². The van der Waals surface area contributed by atoms with Crippen LogP contribution in [0.4, 0.5) is 0 Å². The first-order chi connectivity index (χ1) is 10.7. The van der Waals surface area contributed by atoms with Crippen LogP contribution in [0.15, 0.2) is 36.7 Å². The molecule has 0 saturated carbocycles. The van der Waals surface area contributed by atoms with E-state index in [0.717, 1.165) is 50.4 Å². The minimum Gasteiger partial charge on any atom is -0.330 e. The van der Waals surface area contributed by atoms with E-state index < -0.39 is 0 Å². The highest BCUT2D eigenvalue weighted by molar-refractivity contribution is 5.19. The second-order valence-electron chi connectivity index (χ2n) is 5.74. The van der Waals surface area contributed by atoms with E-state index in [2.05, 4.69) is 40.8 Å². The average molecular weight is 298 g/mol. The van der Waals surface area contributed by atoms with Gasteiger partial charge in [-0.2, -0.15) is 0 Å². The minimum absolute atomic E-state index is 0.749. The highest BCUT2D eigenvalue weighted by Gasteiger charge is 2.11. The van der Waals surface area contributed by atoms with Crippen molar-refractivity contribution in [3.8, 4) is 0 Å². The molecule has 2 heterocycles. The monoisotopic (exact) mass is 298 g/mol. The van der Waals surface area contributed by atoms with Gasteiger partial charge in [0.15, 0.2) is 0 Å². The van der Waals surface area contributed by atoms with E-state index in [1.54, 1.807) is 0 Å². The molecule has 2 rings (SSSR count). The molecule has 2 aromatic rings. The Kier molecular flexibility index (Phi) is 6.49. The first kappa shape index (κ1) is 16.6. The molecule has 0 spiro atoms. The van der Waals surface area contributed by atoms with Crippen LogP contribution < -0.4 is 5.73 Å². The lowest BCUT2D eigenvalue weighted by atomic mass is 10.1. The van der Waals surface area contributed by atoms with Crippen molar-refractivity contribution in [1.29, 1.82) is 0 Å². The Morgan fingerprint density at radius 3 is 1.91 bits per heavy atom. The van der Waals surface area contributed by atoms with Crippen LogP contribution in [0.3, 0.4) is 0 Å². The zero-order valence-corrected chi connectivity index (χ0v) is 13.6. The molecule has 22 heavy (non-hydrogen) atoms. The van der Waals surface area contributed by atoms with Gasteiger partial charge in [-0.1, -0.05) is 12.1 Å². The second kappa shape index (κ2) is 8.61. The van der Waals surface area contributed by atoms with Crippen LogP contribution in [0.5, 0.6) is 0 Å². The molecule has 0 aliphatic carbocycles. The Hall–Kier alpha value is -1.78. The third kappa shape index (κ3) is 4.90. The van der Waals surface area contributed by atoms with E-state index in [4.69, 9.17) is 5.73 Å². The van der Waals surface area contributed by atoms with E-state index in [1.807, 2.05) is 24.5 Å². The number of aryl methyl sites for hydroxylation is 2. The summed E-state index contributed by atoms with van der Waals surface area (Å²) in [6.07, 6.45) is 5.89. The average Bonchev–Trinajstić information content (AvgIpc) is 2.52. The molecule has 0 atom stereocenters. The van der Waals surface area contributed by atoms with E-state index in [9.17, 15) is 0 Å². The van der Waals surface area contributed by atoms with E-state index in [1.165, 1.54) is 11.1 Å². The fourth-order valence-corrected chi connectivity index (χ4v) is 2.49. The number of rotatable bonds is 8. The molecule has 0 radical (unpaired) electrons. The summed E-state index contributed by atoms with van der Waals surface area (Å²) in [6, 6.07) is 8.21. The normalized spacial score (nSPS) is 11.1. The van der Waals surface area contributed by atoms with Crippen molar-refractivity contribution in [2.75, 3.05) is 13.1 Å². The summed E-state index contributed by atoms with van der Waals surface area (Å²) in [4.78, 5) is 11.5. The van der Waals surface area contributed by atoms with Crippen molar-refractivity contribution in [2.45, 2.75) is 39.8 Å². The van der Waals surface area contributed by atoms with Crippen LogP contribution in [-0.4, -0.2) is 28.0 Å². The van der Waals surface area contributed by atoms with E-state index in [0.29, 0.717) is 0 Å². The van der Waals surface area contributed by atoms with Gasteiger partial charge in [-0.15, -0.1) is 0 Å². The fourth-order valence-electron chi connectivity index (χ4n) is 2.49. The number of hydrogen-bond acceptors (Lipinski definition) is 4. The molecule has 2 aromatic heterocycles. The predicted molar refractivity (Wildman–Crippen MR) is 90.4 cm³/mol. The molecule has 4 nitrogen and oxygen atoms in total. The lowest BCUT2D eigenvalue weighted by Crippen LogP contribution is -2.26. The van der Waals surface area contributed by atoms with Crippen molar-refractivity contribution in [2.24, 2.45) is 5.73 Å². The highest BCUT2D eigenvalue weighted by Crippen LogP contribution is 2.13. The molecule has 2 N–H and O–H groups in total. The van der Waals surface area contributed by atoms with Gasteiger partial charge in [-0.3, -0.25) is 14.9 Å². The fraction of sp³-hybridized carbons (Fsp3) is 0.444. The van der Waals surface area contributed by atoms with Gasteiger partial charge in [0, 0.05) is 25.5 Å². The Morgan fingerprint density at radius 1 is 0.909 bits per heavy atom. The standard InChI is InChI=1S/C18H26N4/c1-15-7-5-10-20-17(15)13-22(12-4-3-9-19)14-18-16(2)8-6-11-21-18/h5-8,10-11H,3-4,9,12-14,19H2,1-2H3. The van der Waals surface area contributed by atoms with Gasteiger partial charge < -0.3 is 5.73 Å². The van der Waals surface area contributed by atoms with Gasteiger partial charge in [0.05, 0.1) is 11.4 Å². The second-order valence-corrected chi connectivity index (χ2v) is 5.74. The molecule has 0 aliphatic rings. The zero-order chi connectivity index (χ0) is 15.8. The molecule has 118 valence electrons. The van der Waals surface area contributed by atoms with E-state index in [-0.39, 0.29) is 0 Å². The van der Waals surface area contributed by atoms with Crippen LogP contribution in [0.2, 0.25) is 0 Å². The van der Waals surface area contributed by atoms with Crippen molar-refractivity contribution < 1.29 is 0 Å². The zero-order valence-electron chi connectivity index (χ0n) is 13.6. The number of nitrogens with zero attached hydrogens (tertiary/aromatic N) is 3. The SMILES string of the molecule is Cc1cccnc1CN(CCCCN)Cc1ncccc1C. The summed E-state index contributed by atoms with van der Waals surface area (Å²) in [5.41, 5.74) is 10.4. The maximum Gasteiger partial charge on any atom is 0.0573 e. The molecular weight excluding hydrogens is 272 g/mol. The Morgan fingerprint density at radius 2 is 1.45 bits per heavy atom. The van der Waals surface area contributed by atoms with Crippen molar-refractivity contribution in [1.82, 2.24) is 14.9 Å². The van der Waals surface area contributed by atoms with Crippen molar-refractivity contribution in [3.63, 3.8) is 0 Å². The lowest BCUT2D eigenvalue weighted by Gasteiger charge is -2.23. The summed E-state index contributed by atoms with van der Waals surface area (Å²) in [7, 11) is 0. The van der Waals surface area contributed by atoms with Gasteiger partial charge in [-0.25, -0.2) is 0 Å². The Labute approximate surface area is 133 Å². The summed E-state index contributed by atoms with van der Waals surface area (Å²) < 4.78 is 0. The number of aromatic nitrogens is 2. The summed E-state index contributed by atoms with van der Waals surface area (Å²) in [5, 5.41) is 0. The van der Waals surface area contributed by atoms with E-state index >= 15 is 0 Å². The first-order valence-corrected chi connectivity index (χ1v) is 7.94. The van der Waals surface area contributed by atoms with Gasteiger partial charge in [-0.05, 0) is 63.0 Å². The molecule has 0 fully saturated rings. The smallest absolute Gasteiger partial charge is 0.0573 e. The molecular formula is C18H26N4. The third-order valence-electron chi connectivity index (χ3n) is 3.91.